The van der Waals surface area contributed by atoms with E-state index in [0.717, 1.165) is 50.4 Å². The smallest absolute Gasteiger partial charge is 0.414 e. The van der Waals surface area contributed by atoms with Crippen LogP contribution in [0.25, 0.3) is 33.3 Å². The lowest BCUT2D eigenvalue weighted by molar-refractivity contribution is 0.148. The van der Waals surface area contributed by atoms with E-state index in [1.165, 1.54) is 4.90 Å². The minimum Gasteiger partial charge on any atom is -0.444 e. The number of hydrogen-bond acceptors (Lipinski definition) is 6. The Morgan fingerprint density at radius 1 is 1.21 bits per heavy atom. The Hall–Kier alpha value is -4.40. The van der Waals surface area contributed by atoms with Gasteiger partial charge in [-0.05, 0) is 35.4 Å². The standard InChI is InChI=1S/C24H23N7O2/c1-25-23-20-21(30(2)14-27-20)18-12-19(28-22(18)29-23)16-6-4-5-15(11-16)13-33-24(32)31(3)17-7-9-26-10-8-17/h4-12,14H,13H2,1-3H3,(H2,25,28,29). The summed E-state index contributed by atoms with van der Waals surface area (Å²) in [5.74, 6) is 0.727. The summed E-state index contributed by atoms with van der Waals surface area (Å²) in [5.41, 5.74) is 6.13. The lowest BCUT2D eigenvalue weighted by atomic mass is 10.1. The van der Waals surface area contributed by atoms with Crippen LogP contribution >= 0.6 is 0 Å². The summed E-state index contributed by atoms with van der Waals surface area (Å²) < 4.78 is 7.50. The molecule has 0 atom stereocenters. The molecule has 0 unspecified atom stereocenters. The minimum atomic E-state index is -0.431. The third-order valence-corrected chi connectivity index (χ3v) is 5.60. The van der Waals surface area contributed by atoms with Gasteiger partial charge in [0.2, 0.25) is 0 Å². The van der Waals surface area contributed by atoms with Gasteiger partial charge in [0.1, 0.15) is 17.8 Å². The molecule has 4 heterocycles. The highest BCUT2D eigenvalue weighted by Gasteiger charge is 2.16. The van der Waals surface area contributed by atoms with E-state index in [9.17, 15) is 4.79 Å². The Kier molecular flexibility index (Phi) is 5.14. The van der Waals surface area contributed by atoms with Crippen molar-refractivity contribution in [2.24, 2.45) is 7.05 Å². The molecule has 0 fully saturated rings. The van der Waals surface area contributed by atoms with Crippen molar-refractivity contribution in [1.82, 2.24) is 24.5 Å². The zero-order valence-electron chi connectivity index (χ0n) is 18.5. The van der Waals surface area contributed by atoms with Crippen molar-refractivity contribution in [3.05, 3.63) is 66.7 Å². The number of pyridine rings is 2. The molecule has 0 aliphatic rings. The van der Waals surface area contributed by atoms with Crippen LogP contribution in [0.1, 0.15) is 5.56 Å². The molecule has 33 heavy (non-hydrogen) atoms. The minimum absolute atomic E-state index is 0.163. The van der Waals surface area contributed by atoms with Gasteiger partial charge in [-0.1, -0.05) is 18.2 Å². The van der Waals surface area contributed by atoms with Gasteiger partial charge in [0.05, 0.1) is 11.8 Å². The van der Waals surface area contributed by atoms with Crippen LogP contribution in [0.15, 0.2) is 61.2 Å². The summed E-state index contributed by atoms with van der Waals surface area (Å²) in [6.07, 6.45) is 4.63. The Morgan fingerprint density at radius 3 is 2.82 bits per heavy atom. The normalized spacial score (nSPS) is 11.1. The number of aryl methyl sites for hydroxylation is 1. The van der Waals surface area contributed by atoms with Gasteiger partial charge >= 0.3 is 6.09 Å². The van der Waals surface area contributed by atoms with E-state index in [1.54, 1.807) is 37.9 Å². The number of nitrogens with zero attached hydrogens (tertiary/aromatic N) is 5. The maximum absolute atomic E-state index is 12.4. The summed E-state index contributed by atoms with van der Waals surface area (Å²) >= 11 is 0. The zero-order chi connectivity index (χ0) is 22.9. The molecule has 0 saturated carbocycles. The van der Waals surface area contributed by atoms with Crippen molar-refractivity contribution in [1.29, 1.82) is 0 Å². The van der Waals surface area contributed by atoms with Gasteiger partial charge in [-0.15, -0.1) is 0 Å². The number of fused-ring (bicyclic) bond motifs is 3. The maximum Gasteiger partial charge on any atom is 0.414 e. The molecule has 9 heteroatoms. The summed E-state index contributed by atoms with van der Waals surface area (Å²) in [7, 11) is 5.48. The van der Waals surface area contributed by atoms with Gasteiger partial charge in [0.15, 0.2) is 5.82 Å². The van der Waals surface area contributed by atoms with E-state index in [2.05, 4.69) is 31.3 Å². The summed E-state index contributed by atoms with van der Waals surface area (Å²) in [6.45, 7) is 0.163. The average Bonchev–Trinajstić information content (AvgIpc) is 3.45. The molecule has 1 amide bonds. The quantitative estimate of drug-likeness (QED) is 0.421. The second-order valence-corrected chi connectivity index (χ2v) is 7.73. The van der Waals surface area contributed by atoms with Crippen LogP contribution < -0.4 is 10.2 Å². The molecule has 0 bridgehead atoms. The van der Waals surface area contributed by atoms with Crippen LogP contribution in [-0.4, -0.2) is 44.7 Å². The predicted molar refractivity (Wildman–Crippen MR) is 128 cm³/mol. The van der Waals surface area contributed by atoms with Crippen molar-refractivity contribution >= 4 is 39.7 Å². The fourth-order valence-electron chi connectivity index (χ4n) is 3.87. The first kappa shape index (κ1) is 20.5. The summed E-state index contributed by atoms with van der Waals surface area (Å²) in [4.78, 5) is 30.4. The highest BCUT2D eigenvalue weighted by atomic mass is 16.6. The molecule has 2 N–H and O–H groups in total. The lowest BCUT2D eigenvalue weighted by Crippen LogP contribution is -2.26. The largest absolute Gasteiger partial charge is 0.444 e. The van der Waals surface area contributed by atoms with E-state index >= 15 is 0 Å². The van der Waals surface area contributed by atoms with Crippen molar-refractivity contribution in [3.8, 4) is 11.3 Å². The molecule has 0 aliphatic heterocycles. The number of rotatable bonds is 5. The Balaban J connectivity index is 1.40. The van der Waals surface area contributed by atoms with E-state index in [4.69, 9.17) is 4.74 Å². The zero-order valence-corrected chi connectivity index (χ0v) is 18.5. The van der Waals surface area contributed by atoms with Crippen LogP contribution in [-0.2, 0) is 18.4 Å². The number of amides is 1. The van der Waals surface area contributed by atoms with Crippen LogP contribution in [0.4, 0.5) is 16.3 Å². The summed E-state index contributed by atoms with van der Waals surface area (Å²) in [6, 6.07) is 13.5. The van der Waals surface area contributed by atoms with Gasteiger partial charge in [-0.3, -0.25) is 9.88 Å². The number of benzene rings is 1. The number of anilines is 2. The van der Waals surface area contributed by atoms with Crippen molar-refractivity contribution in [2.45, 2.75) is 6.61 Å². The van der Waals surface area contributed by atoms with Crippen molar-refractivity contribution in [2.75, 3.05) is 24.3 Å². The predicted octanol–water partition coefficient (Wildman–Crippen LogP) is 4.33. The van der Waals surface area contributed by atoms with Gasteiger partial charge in [0.25, 0.3) is 0 Å². The first-order chi connectivity index (χ1) is 16.0. The molecule has 1 aromatic carbocycles. The fourth-order valence-corrected chi connectivity index (χ4v) is 3.87. The number of hydrogen-bond donors (Lipinski definition) is 2. The third-order valence-electron chi connectivity index (χ3n) is 5.60. The molecule has 9 nitrogen and oxygen atoms in total. The lowest BCUT2D eigenvalue weighted by Gasteiger charge is -2.16. The Morgan fingerprint density at radius 2 is 2.03 bits per heavy atom. The number of nitrogens with one attached hydrogen (secondary N) is 2. The van der Waals surface area contributed by atoms with Crippen molar-refractivity contribution < 1.29 is 9.53 Å². The number of H-pyrrole nitrogens is 1. The number of carbonyl (C=O) groups is 1. The van der Waals surface area contributed by atoms with E-state index in [-0.39, 0.29) is 6.61 Å². The molecule has 0 saturated heterocycles. The molecule has 5 rings (SSSR count). The number of aromatic amines is 1. The molecule has 166 valence electrons. The fraction of sp³-hybridized carbons (Fsp3) is 0.167. The summed E-state index contributed by atoms with van der Waals surface area (Å²) in [5, 5.41) is 4.11. The molecular weight excluding hydrogens is 418 g/mol. The number of carbonyl (C=O) groups excluding carboxylic acids is 1. The number of ether oxygens (including phenoxy) is 1. The first-order valence-corrected chi connectivity index (χ1v) is 10.5. The molecule has 0 aliphatic carbocycles. The monoisotopic (exact) mass is 441 g/mol. The van der Waals surface area contributed by atoms with Crippen LogP contribution in [0.5, 0.6) is 0 Å². The average molecular weight is 441 g/mol. The Labute approximate surface area is 190 Å². The van der Waals surface area contributed by atoms with Crippen LogP contribution in [0, 0.1) is 0 Å². The van der Waals surface area contributed by atoms with Crippen LogP contribution in [0.3, 0.4) is 0 Å². The van der Waals surface area contributed by atoms with Crippen LogP contribution in [0.2, 0.25) is 0 Å². The Bertz CT molecular complexity index is 1460. The van der Waals surface area contributed by atoms with E-state index in [0.29, 0.717) is 0 Å². The maximum atomic E-state index is 12.4. The molecule has 4 aromatic heterocycles. The van der Waals surface area contributed by atoms with E-state index < -0.39 is 6.09 Å². The number of aromatic nitrogens is 5. The van der Waals surface area contributed by atoms with Gasteiger partial charge in [-0.25, -0.2) is 14.8 Å². The molecule has 5 aromatic rings. The van der Waals surface area contributed by atoms with Gasteiger partial charge < -0.3 is 19.6 Å². The van der Waals surface area contributed by atoms with Crippen molar-refractivity contribution in [3.63, 3.8) is 0 Å². The SMILES string of the molecule is CNc1nc2[nH]c(-c3cccc(COC(=O)N(C)c4ccncc4)c3)cc2c2c1ncn2C. The highest BCUT2D eigenvalue weighted by molar-refractivity contribution is 6.07. The van der Waals surface area contributed by atoms with E-state index in [1.807, 2.05) is 42.9 Å². The highest BCUT2D eigenvalue weighted by Crippen LogP contribution is 2.31. The second-order valence-electron chi connectivity index (χ2n) is 7.73. The topological polar surface area (TPSA) is 101 Å². The number of imidazole rings is 1. The first-order valence-electron chi connectivity index (χ1n) is 10.5. The molecular formula is C24H23N7O2. The molecule has 0 spiro atoms. The van der Waals surface area contributed by atoms with Gasteiger partial charge in [-0.2, -0.15) is 0 Å². The second kappa shape index (κ2) is 8.27. The molecule has 0 radical (unpaired) electrons. The van der Waals surface area contributed by atoms with Gasteiger partial charge in [0, 0.05) is 50.3 Å². The third kappa shape index (κ3) is 3.73.